The molecule has 0 atom stereocenters. The molecule has 1 aromatic carbocycles. The number of nitrogens with one attached hydrogen (secondary N) is 2. The summed E-state index contributed by atoms with van der Waals surface area (Å²) >= 11 is 0. The normalized spacial score (nSPS) is 12.8. The number of aromatic amines is 1. The molecule has 0 aliphatic carbocycles. The third-order valence-corrected chi connectivity index (χ3v) is 5.48. The molecule has 0 radical (unpaired) electrons. The lowest BCUT2D eigenvalue weighted by molar-refractivity contribution is -0.119. The van der Waals surface area contributed by atoms with E-state index in [1.165, 1.54) is 14.2 Å². The molecule has 0 saturated carbocycles. The Morgan fingerprint density at radius 2 is 1.88 bits per heavy atom. The highest BCUT2D eigenvalue weighted by atomic mass is 19.1. The van der Waals surface area contributed by atoms with Gasteiger partial charge in [-0.2, -0.15) is 10.2 Å². The topological polar surface area (TPSA) is 125 Å². The number of hydrogen-bond donors (Lipinski definition) is 3. The van der Waals surface area contributed by atoms with Gasteiger partial charge >= 0.3 is 0 Å². The predicted octanol–water partition coefficient (Wildman–Crippen LogP) is 3.13. The summed E-state index contributed by atoms with van der Waals surface area (Å²) in [6.07, 6.45) is 2.24. The number of ether oxygens (including phenoxy) is 2. The largest absolute Gasteiger partial charge is 0.506 e. The van der Waals surface area contributed by atoms with Crippen LogP contribution in [0.25, 0.3) is 11.1 Å². The summed E-state index contributed by atoms with van der Waals surface area (Å²) in [5, 5.41) is 21.9. The molecule has 0 bridgehead atoms. The number of nitrogens with zero attached hydrogens (tertiary/aromatic N) is 2. The van der Waals surface area contributed by atoms with Crippen molar-refractivity contribution in [3.63, 3.8) is 0 Å². The number of aryl methyl sites for hydroxylation is 1. The molecule has 1 aromatic heterocycles. The molecule has 9 nitrogen and oxygen atoms in total. The molecule has 1 aliphatic rings. The first-order valence-electron chi connectivity index (χ1n) is 11.1. The molecular formula is C24H29FN4O5. The number of aromatic hydroxyl groups is 1. The van der Waals surface area contributed by atoms with Crippen LogP contribution in [0.3, 0.4) is 0 Å². The molecule has 182 valence electrons. The second-order valence-corrected chi connectivity index (χ2v) is 7.78. The minimum absolute atomic E-state index is 0.0221. The summed E-state index contributed by atoms with van der Waals surface area (Å²) in [4.78, 5) is 27.9. The Hall–Kier alpha value is -3.69. The van der Waals surface area contributed by atoms with Crippen molar-refractivity contribution >= 4 is 17.3 Å². The Bertz CT molecular complexity index is 1150. The Morgan fingerprint density at radius 1 is 1.18 bits per heavy atom. The summed E-state index contributed by atoms with van der Waals surface area (Å²) in [5.41, 5.74) is 1.60. The van der Waals surface area contributed by atoms with Gasteiger partial charge in [-0.3, -0.25) is 9.59 Å². The van der Waals surface area contributed by atoms with E-state index in [1.807, 2.05) is 6.92 Å². The second-order valence-electron chi connectivity index (χ2n) is 7.78. The number of hydrogen-bond acceptors (Lipinski definition) is 7. The van der Waals surface area contributed by atoms with Crippen LogP contribution >= 0.6 is 0 Å². The first kappa shape index (κ1) is 24.9. The van der Waals surface area contributed by atoms with Gasteiger partial charge in [0.1, 0.15) is 29.5 Å². The van der Waals surface area contributed by atoms with E-state index in [4.69, 9.17) is 9.47 Å². The fourth-order valence-corrected chi connectivity index (χ4v) is 3.88. The lowest BCUT2D eigenvalue weighted by Gasteiger charge is -2.19. The van der Waals surface area contributed by atoms with Gasteiger partial charge < -0.3 is 24.9 Å². The standard InChI is InChI=1S/C24H29FN4O5/c1-4-5-7-15-20(22-17(33-2)8-6-9-18(22)34-3)23(31)21(24(32)27-15)16-12-14(28-29-16)13-19(30)26-11-10-25/h6,8-9H,4-5,7,10-13H2,1-3H3,(H,26,30)(H2,27,31,32). The average molecular weight is 473 g/mol. The lowest BCUT2D eigenvalue weighted by atomic mass is 9.93. The van der Waals surface area contributed by atoms with Crippen LogP contribution in [-0.2, 0) is 11.2 Å². The molecule has 10 heteroatoms. The molecular weight excluding hydrogens is 443 g/mol. The minimum atomic E-state index is -0.664. The first-order chi connectivity index (χ1) is 16.4. The van der Waals surface area contributed by atoms with Crippen molar-refractivity contribution in [2.45, 2.75) is 39.0 Å². The van der Waals surface area contributed by atoms with Crippen LogP contribution in [0.4, 0.5) is 4.39 Å². The van der Waals surface area contributed by atoms with E-state index >= 15 is 0 Å². The van der Waals surface area contributed by atoms with E-state index in [0.29, 0.717) is 40.5 Å². The number of pyridine rings is 1. The number of amides is 1. The number of H-pyrrole nitrogens is 1. The highest BCUT2D eigenvalue weighted by Gasteiger charge is 2.28. The number of carbonyl (C=O) groups is 1. The molecule has 2 heterocycles. The molecule has 0 unspecified atom stereocenters. The maximum Gasteiger partial charge on any atom is 0.261 e. The van der Waals surface area contributed by atoms with Gasteiger partial charge in [-0.1, -0.05) is 19.4 Å². The fourth-order valence-electron chi connectivity index (χ4n) is 3.88. The van der Waals surface area contributed by atoms with Gasteiger partial charge in [0.25, 0.3) is 5.56 Å². The molecule has 2 aromatic rings. The first-order valence-corrected chi connectivity index (χ1v) is 11.1. The number of alkyl halides is 1. The molecule has 0 spiro atoms. The number of methoxy groups -OCH3 is 2. The quantitative estimate of drug-likeness (QED) is 0.463. The zero-order valence-electron chi connectivity index (χ0n) is 19.5. The molecule has 1 amide bonds. The van der Waals surface area contributed by atoms with Crippen molar-refractivity contribution in [1.82, 2.24) is 10.3 Å². The molecule has 3 rings (SSSR count). The van der Waals surface area contributed by atoms with E-state index in [-0.39, 0.29) is 42.3 Å². The Kier molecular flexibility index (Phi) is 8.39. The van der Waals surface area contributed by atoms with Crippen LogP contribution in [0.15, 0.2) is 33.2 Å². The van der Waals surface area contributed by atoms with Crippen LogP contribution in [-0.4, -0.2) is 54.9 Å². The summed E-state index contributed by atoms with van der Waals surface area (Å²) in [7, 11) is 3.03. The van der Waals surface area contributed by atoms with Gasteiger partial charge in [0.2, 0.25) is 5.91 Å². The highest BCUT2D eigenvalue weighted by Crippen LogP contribution is 2.45. The third kappa shape index (κ3) is 5.27. The average Bonchev–Trinajstić information content (AvgIpc) is 3.28. The zero-order valence-corrected chi connectivity index (χ0v) is 19.5. The predicted molar refractivity (Wildman–Crippen MR) is 128 cm³/mol. The maximum absolute atomic E-state index is 13.0. The number of benzene rings is 1. The SMILES string of the molecule is CCCCc1[nH]c(=O)c(C2=NN=C(CC(=O)NCCF)C2)c(O)c1-c1c(OC)cccc1OC. The van der Waals surface area contributed by atoms with Gasteiger partial charge in [0.05, 0.1) is 43.2 Å². The van der Waals surface area contributed by atoms with Gasteiger partial charge in [0, 0.05) is 18.7 Å². The Morgan fingerprint density at radius 3 is 2.50 bits per heavy atom. The van der Waals surface area contributed by atoms with Gasteiger partial charge in [0.15, 0.2) is 0 Å². The van der Waals surface area contributed by atoms with Crippen LogP contribution < -0.4 is 20.3 Å². The van der Waals surface area contributed by atoms with Crippen molar-refractivity contribution < 1.29 is 23.8 Å². The van der Waals surface area contributed by atoms with Crippen molar-refractivity contribution in [3.8, 4) is 28.4 Å². The summed E-state index contributed by atoms with van der Waals surface area (Å²) in [6.45, 7) is 1.29. The molecule has 0 saturated heterocycles. The van der Waals surface area contributed by atoms with E-state index in [1.54, 1.807) is 18.2 Å². The van der Waals surface area contributed by atoms with Crippen LogP contribution in [0.5, 0.6) is 17.2 Å². The van der Waals surface area contributed by atoms with Gasteiger partial charge in [-0.05, 0) is 25.0 Å². The monoisotopic (exact) mass is 472 g/mol. The number of halogens is 1. The Labute approximate surface area is 196 Å². The minimum Gasteiger partial charge on any atom is -0.506 e. The van der Waals surface area contributed by atoms with Crippen molar-refractivity contribution in [3.05, 3.63) is 39.8 Å². The third-order valence-electron chi connectivity index (χ3n) is 5.48. The van der Waals surface area contributed by atoms with E-state index in [2.05, 4.69) is 20.5 Å². The van der Waals surface area contributed by atoms with Gasteiger partial charge in [-0.15, -0.1) is 0 Å². The van der Waals surface area contributed by atoms with Crippen molar-refractivity contribution in [1.29, 1.82) is 0 Å². The number of aromatic nitrogens is 1. The Balaban J connectivity index is 2.06. The fraction of sp³-hybridized carbons (Fsp3) is 0.417. The molecule has 3 N–H and O–H groups in total. The highest BCUT2D eigenvalue weighted by molar-refractivity contribution is 6.19. The van der Waals surface area contributed by atoms with Crippen LogP contribution in [0.2, 0.25) is 0 Å². The van der Waals surface area contributed by atoms with E-state index in [9.17, 15) is 19.1 Å². The van der Waals surface area contributed by atoms with Crippen molar-refractivity contribution in [2.75, 3.05) is 27.4 Å². The number of carbonyl (C=O) groups excluding carboxylic acids is 1. The maximum atomic E-state index is 13.0. The summed E-state index contributed by atoms with van der Waals surface area (Å²) in [6, 6.07) is 5.26. The zero-order chi connectivity index (χ0) is 24.7. The van der Waals surface area contributed by atoms with E-state index in [0.717, 1.165) is 12.8 Å². The molecule has 0 fully saturated rings. The van der Waals surface area contributed by atoms with Gasteiger partial charge in [-0.25, -0.2) is 4.39 Å². The van der Waals surface area contributed by atoms with E-state index < -0.39 is 12.2 Å². The van der Waals surface area contributed by atoms with Crippen molar-refractivity contribution in [2.24, 2.45) is 10.2 Å². The molecule has 34 heavy (non-hydrogen) atoms. The summed E-state index contributed by atoms with van der Waals surface area (Å²) < 4.78 is 23.4. The smallest absolute Gasteiger partial charge is 0.261 e. The van der Waals surface area contributed by atoms with Crippen LogP contribution in [0, 0.1) is 0 Å². The number of rotatable bonds is 11. The lowest BCUT2D eigenvalue weighted by Crippen LogP contribution is -2.28. The number of unbranched alkanes of at least 4 members (excludes halogenated alkanes) is 1. The second kappa shape index (κ2) is 11.4. The van der Waals surface area contributed by atoms with Crippen LogP contribution in [0.1, 0.15) is 43.9 Å². The summed E-state index contributed by atoms with van der Waals surface area (Å²) in [5.74, 6) is 0.301. The molecule has 1 aliphatic heterocycles.